The van der Waals surface area contributed by atoms with Crippen molar-refractivity contribution >= 4 is 48.0 Å². The summed E-state index contributed by atoms with van der Waals surface area (Å²) < 4.78 is 0. The zero-order chi connectivity index (χ0) is 19.1. The second-order valence-electron chi connectivity index (χ2n) is 7.64. The Hall–Kier alpha value is -1.34. The topological polar surface area (TPSA) is 87.5 Å². The highest BCUT2D eigenvalue weighted by Gasteiger charge is 2.17. The van der Waals surface area contributed by atoms with Crippen molar-refractivity contribution in [3.63, 3.8) is 0 Å². The number of hydrogen-bond acceptors (Lipinski definition) is 4. The third-order valence-electron chi connectivity index (χ3n) is 4.66. The van der Waals surface area contributed by atoms with Crippen molar-refractivity contribution in [3.05, 3.63) is 23.8 Å². The number of hydrogen-bond donors (Lipinski definition) is 3. The molecule has 1 aromatic carbocycles. The van der Waals surface area contributed by atoms with Crippen LogP contribution in [0.4, 0.5) is 11.4 Å². The predicted octanol–water partition coefficient (Wildman–Crippen LogP) is 3.57. The molecular formula is C20H34Cl2N4O2. The third kappa shape index (κ3) is 8.78. The second-order valence-corrected chi connectivity index (χ2v) is 7.64. The van der Waals surface area contributed by atoms with Gasteiger partial charge in [0.25, 0.3) is 0 Å². The molecule has 1 saturated heterocycles. The van der Waals surface area contributed by atoms with Crippen LogP contribution in [-0.2, 0) is 9.59 Å². The minimum atomic E-state index is -0.534. The van der Waals surface area contributed by atoms with Gasteiger partial charge in [0.2, 0.25) is 11.8 Å². The van der Waals surface area contributed by atoms with Gasteiger partial charge in [-0.3, -0.25) is 14.5 Å². The van der Waals surface area contributed by atoms with Crippen LogP contribution in [0.5, 0.6) is 0 Å². The number of benzene rings is 1. The lowest BCUT2D eigenvalue weighted by molar-refractivity contribution is -0.118. The lowest BCUT2D eigenvalue weighted by Crippen LogP contribution is -2.37. The van der Waals surface area contributed by atoms with Crippen LogP contribution in [0, 0.1) is 12.8 Å². The van der Waals surface area contributed by atoms with Gasteiger partial charge in [-0.15, -0.1) is 24.8 Å². The summed E-state index contributed by atoms with van der Waals surface area (Å²) in [5, 5.41) is 5.81. The van der Waals surface area contributed by atoms with Crippen LogP contribution in [0.2, 0.25) is 0 Å². The van der Waals surface area contributed by atoms with E-state index in [1.54, 1.807) is 6.07 Å². The lowest BCUT2D eigenvalue weighted by atomic mass is 10.0. The van der Waals surface area contributed by atoms with Crippen LogP contribution in [0.15, 0.2) is 18.2 Å². The fraction of sp³-hybridized carbons (Fsp3) is 0.600. The summed E-state index contributed by atoms with van der Waals surface area (Å²) >= 11 is 0. The van der Waals surface area contributed by atoms with Crippen LogP contribution in [0.1, 0.15) is 45.1 Å². The fourth-order valence-corrected chi connectivity index (χ4v) is 3.19. The second kappa shape index (κ2) is 13.0. The van der Waals surface area contributed by atoms with E-state index in [1.165, 1.54) is 6.42 Å². The van der Waals surface area contributed by atoms with Gasteiger partial charge in [0.1, 0.15) is 0 Å². The summed E-state index contributed by atoms with van der Waals surface area (Å²) in [6, 6.07) is 4.98. The molecule has 0 bridgehead atoms. The summed E-state index contributed by atoms with van der Waals surface area (Å²) in [6.07, 6.45) is 4.20. The van der Waals surface area contributed by atoms with Crippen LogP contribution in [0.3, 0.4) is 0 Å². The van der Waals surface area contributed by atoms with Crippen molar-refractivity contribution in [2.24, 2.45) is 11.7 Å². The maximum absolute atomic E-state index is 12.3. The Bertz CT molecular complexity index is 635. The molecule has 1 aliphatic rings. The van der Waals surface area contributed by atoms with Gasteiger partial charge < -0.3 is 16.4 Å². The minimum Gasteiger partial charge on any atom is -0.325 e. The first-order valence-electron chi connectivity index (χ1n) is 9.54. The SMILES string of the molecule is Cc1ccc(NC(=O)[C@@H](N)CC(C)C)cc1NC(=O)CN1CCCCC1.Cl.Cl. The van der Waals surface area contributed by atoms with E-state index in [0.717, 1.165) is 37.2 Å². The summed E-state index contributed by atoms with van der Waals surface area (Å²) in [6.45, 7) is 8.39. The van der Waals surface area contributed by atoms with Gasteiger partial charge >= 0.3 is 0 Å². The van der Waals surface area contributed by atoms with Crippen LogP contribution >= 0.6 is 24.8 Å². The van der Waals surface area contributed by atoms with Crippen molar-refractivity contribution < 1.29 is 9.59 Å². The molecule has 2 amide bonds. The van der Waals surface area contributed by atoms with E-state index in [1.807, 2.05) is 32.9 Å². The molecule has 0 radical (unpaired) electrons. The standard InChI is InChI=1S/C20H32N4O2.2ClH/c1-14(2)11-17(21)20(26)22-16-8-7-15(3)18(12-16)23-19(25)13-24-9-5-4-6-10-24;;/h7-8,12,14,17H,4-6,9-11,13,21H2,1-3H3,(H,22,26)(H,23,25);2*1H/t17-;;/m0../s1. The Morgan fingerprint density at radius 1 is 1.11 bits per heavy atom. The molecule has 0 unspecified atom stereocenters. The monoisotopic (exact) mass is 432 g/mol. The zero-order valence-corrected chi connectivity index (χ0v) is 18.6. The summed E-state index contributed by atoms with van der Waals surface area (Å²) in [7, 11) is 0. The molecule has 0 aromatic heterocycles. The predicted molar refractivity (Wildman–Crippen MR) is 121 cm³/mol. The van der Waals surface area contributed by atoms with E-state index in [9.17, 15) is 9.59 Å². The average Bonchev–Trinajstić information content (AvgIpc) is 2.58. The van der Waals surface area contributed by atoms with Crippen molar-refractivity contribution in [2.75, 3.05) is 30.3 Å². The highest BCUT2D eigenvalue weighted by atomic mass is 35.5. The molecule has 1 fully saturated rings. The zero-order valence-electron chi connectivity index (χ0n) is 17.0. The molecule has 28 heavy (non-hydrogen) atoms. The van der Waals surface area contributed by atoms with E-state index in [2.05, 4.69) is 15.5 Å². The number of nitrogens with two attached hydrogens (primary N) is 1. The number of rotatable bonds is 7. The molecule has 8 heteroatoms. The Labute approximate surface area is 180 Å². The molecule has 1 heterocycles. The van der Waals surface area contributed by atoms with E-state index < -0.39 is 6.04 Å². The summed E-state index contributed by atoms with van der Waals surface area (Å²) in [5.41, 5.74) is 8.26. The molecule has 160 valence electrons. The molecule has 1 aromatic rings. The van der Waals surface area contributed by atoms with Gasteiger partial charge in [0.05, 0.1) is 12.6 Å². The molecule has 0 spiro atoms. The number of carbonyl (C=O) groups excluding carboxylic acids is 2. The van der Waals surface area contributed by atoms with Gasteiger partial charge in [-0.05, 0) is 62.9 Å². The number of piperidine rings is 1. The van der Waals surface area contributed by atoms with Gasteiger partial charge in [-0.2, -0.15) is 0 Å². The van der Waals surface area contributed by atoms with Crippen molar-refractivity contribution in [1.82, 2.24) is 4.90 Å². The number of halogens is 2. The molecule has 4 N–H and O–H groups in total. The Morgan fingerprint density at radius 3 is 2.36 bits per heavy atom. The van der Waals surface area contributed by atoms with Crippen molar-refractivity contribution in [3.8, 4) is 0 Å². The van der Waals surface area contributed by atoms with Crippen molar-refractivity contribution in [1.29, 1.82) is 0 Å². The summed E-state index contributed by atoms with van der Waals surface area (Å²) in [4.78, 5) is 26.7. The normalized spacial score (nSPS) is 15.2. The molecule has 1 atom stereocenters. The Morgan fingerprint density at radius 2 is 1.75 bits per heavy atom. The number of anilines is 2. The molecule has 0 saturated carbocycles. The number of carbonyl (C=O) groups is 2. The van der Waals surface area contributed by atoms with Gasteiger partial charge in [0, 0.05) is 11.4 Å². The van der Waals surface area contributed by atoms with Gasteiger partial charge in [0.15, 0.2) is 0 Å². The highest BCUT2D eigenvalue weighted by Crippen LogP contribution is 2.21. The van der Waals surface area contributed by atoms with Gasteiger partial charge in [-0.1, -0.05) is 26.3 Å². The smallest absolute Gasteiger partial charge is 0.241 e. The van der Waals surface area contributed by atoms with Crippen LogP contribution in [-0.4, -0.2) is 42.4 Å². The van der Waals surface area contributed by atoms with E-state index >= 15 is 0 Å². The van der Waals surface area contributed by atoms with Crippen molar-refractivity contribution in [2.45, 2.75) is 52.5 Å². The van der Waals surface area contributed by atoms with Gasteiger partial charge in [-0.25, -0.2) is 0 Å². The molecule has 1 aliphatic heterocycles. The lowest BCUT2D eigenvalue weighted by Gasteiger charge is -2.25. The fourth-order valence-electron chi connectivity index (χ4n) is 3.19. The van der Waals surface area contributed by atoms with E-state index in [4.69, 9.17) is 5.73 Å². The molecule has 2 rings (SSSR count). The largest absolute Gasteiger partial charge is 0.325 e. The number of nitrogens with one attached hydrogen (secondary N) is 2. The first kappa shape index (κ1) is 26.7. The maximum Gasteiger partial charge on any atom is 0.241 e. The Balaban J connectivity index is 0.00000364. The number of aryl methyl sites for hydroxylation is 1. The summed E-state index contributed by atoms with van der Waals surface area (Å²) in [5.74, 6) is 0.140. The average molecular weight is 433 g/mol. The number of amides is 2. The first-order valence-corrected chi connectivity index (χ1v) is 9.54. The number of likely N-dealkylation sites (tertiary alicyclic amines) is 1. The first-order chi connectivity index (χ1) is 12.3. The Kier molecular flexibility index (Phi) is 12.4. The van der Waals surface area contributed by atoms with E-state index in [-0.39, 0.29) is 36.6 Å². The van der Waals surface area contributed by atoms with Crippen LogP contribution < -0.4 is 16.4 Å². The maximum atomic E-state index is 12.3. The third-order valence-corrected chi connectivity index (χ3v) is 4.66. The molecular weight excluding hydrogens is 399 g/mol. The minimum absolute atomic E-state index is 0. The van der Waals surface area contributed by atoms with Crippen LogP contribution in [0.25, 0.3) is 0 Å². The quantitative estimate of drug-likeness (QED) is 0.614. The van der Waals surface area contributed by atoms with E-state index in [0.29, 0.717) is 24.6 Å². The molecule has 0 aliphatic carbocycles. The number of nitrogens with zero attached hydrogens (tertiary/aromatic N) is 1. The highest BCUT2D eigenvalue weighted by molar-refractivity contribution is 5.97. The molecule has 6 nitrogen and oxygen atoms in total.